The molecule has 214 valence electrons. The van der Waals surface area contributed by atoms with Gasteiger partial charge in [0.05, 0.1) is 25.5 Å². The van der Waals surface area contributed by atoms with Crippen LogP contribution in [0, 0.1) is 0 Å². The molecular formula is C32H38N6O3. The summed E-state index contributed by atoms with van der Waals surface area (Å²) in [5, 5.41) is 3.41. The average Bonchev–Trinajstić information content (AvgIpc) is 3.01. The van der Waals surface area contributed by atoms with Gasteiger partial charge in [-0.2, -0.15) is 0 Å². The minimum atomic E-state index is 0.0107. The number of hydrogen-bond donors (Lipinski definition) is 1. The van der Waals surface area contributed by atoms with Crippen LogP contribution in [-0.2, 0) is 16.1 Å². The van der Waals surface area contributed by atoms with Crippen molar-refractivity contribution in [2.45, 2.75) is 13.0 Å². The number of ether oxygens (including phenoxy) is 2. The Labute approximate surface area is 242 Å². The van der Waals surface area contributed by atoms with Gasteiger partial charge in [-0.25, -0.2) is 9.97 Å². The molecule has 5 rings (SSSR count). The second kappa shape index (κ2) is 13.9. The Morgan fingerprint density at radius 2 is 2.00 bits per heavy atom. The van der Waals surface area contributed by atoms with Crippen LogP contribution in [-0.4, -0.2) is 85.2 Å². The summed E-state index contributed by atoms with van der Waals surface area (Å²) in [6.45, 7) is 10.2. The highest BCUT2D eigenvalue weighted by Crippen LogP contribution is 2.27. The normalized spacial score (nSPS) is 16.9. The third-order valence-corrected chi connectivity index (χ3v) is 7.27. The van der Waals surface area contributed by atoms with E-state index in [1.165, 1.54) is 6.08 Å². The van der Waals surface area contributed by atoms with E-state index in [0.29, 0.717) is 25.8 Å². The van der Waals surface area contributed by atoms with Crippen molar-refractivity contribution in [1.29, 1.82) is 0 Å². The van der Waals surface area contributed by atoms with Crippen LogP contribution < -0.4 is 15.0 Å². The Morgan fingerprint density at radius 1 is 1.12 bits per heavy atom. The fourth-order valence-electron chi connectivity index (χ4n) is 4.92. The SMILES string of the molecule is C=CC(=O)N1CCN(CCN(C)c2cc3cc(c2)Nc2nccc(n2)-c2cccc(c2)OCC/C=C/COC3)CC1. The van der Waals surface area contributed by atoms with Gasteiger partial charge in [-0.1, -0.05) is 30.9 Å². The third-order valence-electron chi connectivity index (χ3n) is 7.27. The molecule has 0 atom stereocenters. The summed E-state index contributed by atoms with van der Waals surface area (Å²) < 4.78 is 11.9. The van der Waals surface area contributed by atoms with Crippen molar-refractivity contribution in [2.24, 2.45) is 0 Å². The molecule has 0 spiro atoms. The van der Waals surface area contributed by atoms with Gasteiger partial charge in [0, 0.05) is 69.5 Å². The molecule has 2 aliphatic heterocycles. The molecule has 1 aromatic heterocycles. The Morgan fingerprint density at radius 3 is 2.85 bits per heavy atom. The largest absolute Gasteiger partial charge is 0.493 e. The maximum atomic E-state index is 11.9. The molecule has 41 heavy (non-hydrogen) atoms. The highest BCUT2D eigenvalue weighted by Gasteiger charge is 2.19. The maximum absolute atomic E-state index is 11.9. The van der Waals surface area contributed by atoms with Crippen LogP contribution in [0.15, 0.2) is 79.5 Å². The van der Waals surface area contributed by atoms with Crippen LogP contribution >= 0.6 is 0 Å². The summed E-state index contributed by atoms with van der Waals surface area (Å²) in [5.41, 5.74) is 4.84. The number of benzene rings is 2. The van der Waals surface area contributed by atoms with E-state index in [4.69, 9.17) is 14.5 Å². The summed E-state index contributed by atoms with van der Waals surface area (Å²) in [6, 6.07) is 16.3. The van der Waals surface area contributed by atoms with Crippen LogP contribution in [0.25, 0.3) is 11.3 Å². The molecule has 1 N–H and O–H groups in total. The smallest absolute Gasteiger partial charge is 0.246 e. The summed E-state index contributed by atoms with van der Waals surface area (Å²) in [4.78, 5) is 27.7. The lowest BCUT2D eigenvalue weighted by Gasteiger charge is -2.35. The lowest BCUT2D eigenvalue weighted by atomic mass is 10.1. The lowest BCUT2D eigenvalue weighted by molar-refractivity contribution is -0.127. The number of rotatable bonds is 5. The van der Waals surface area contributed by atoms with E-state index in [1.54, 1.807) is 6.20 Å². The summed E-state index contributed by atoms with van der Waals surface area (Å²) in [5.74, 6) is 1.35. The van der Waals surface area contributed by atoms with E-state index in [1.807, 2.05) is 41.3 Å². The first-order chi connectivity index (χ1) is 20.1. The van der Waals surface area contributed by atoms with E-state index in [2.05, 4.69) is 58.0 Å². The number of nitrogens with zero attached hydrogens (tertiary/aromatic N) is 5. The molecule has 2 aromatic carbocycles. The van der Waals surface area contributed by atoms with Crippen molar-refractivity contribution in [3.63, 3.8) is 0 Å². The van der Waals surface area contributed by atoms with Gasteiger partial charge >= 0.3 is 0 Å². The molecule has 3 heterocycles. The Bertz CT molecular complexity index is 1370. The zero-order valence-electron chi connectivity index (χ0n) is 23.7. The number of likely N-dealkylation sites (N-methyl/N-ethyl adjacent to an activating group) is 1. The number of amides is 1. The van der Waals surface area contributed by atoms with Crippen LogP contribution in [0.5, 0.6) is 5.75 Å². The zero-order valence-corrected chi connectivity index (χ0v) is 23.7. The van der Waals surface area contributed by atoms with Gasteiger partial charge < -0.3 is 24.6 Å². The van der Waals surface area contributed by atoms with E-state index in [0.717, 1.165) is 79.6 Å². The van der Waals surface area contributed by atoms with E-state index in [-0.39, 0.29) is 5.91 Å². The number of anilines is 3. The first-order valence-corrected chi connectivity index (χ1v) is 14.1. The van der Waals surface area contributed by atoms with Gasteiger partial charge in [-0.05, 0) is 54.5 Å². The van der Waals surface area contributed by atoms with Crippen LogP contribution in [0.4, 0.5) is 17.3 Å². The van der Waals surface area contributed by atoms with E-state index >= 15 is 0 Å². The summed E-state index contributed by atoms with van der Waals surface area (Å²) >= 11 is 0. The lowest BCUT2D eigenvalue weighted by Crippen LogP contribution is -2.49. The predicted octanol–water partition coefficient (Wildman–Crippen LogP) is 4.51. The van der Waals surface area contributed by atoms with Crippen LogP contribution in [0.1, 0.15) is 12.0 Å². The number of carbonyl (C=O) groups excluding carboxylic acids is 1. The molecule has 3 aromatic rings. The minimum absolute atomic E-state index is 0.0107. The fraction of sp³-hybridized carbons (Fsp3) is 0.344. The number of carbonyl (C=O) groups is 1. The molecule has 2 aliphatic rings. The number of hydrogen-bond acceptors (Lipinski definition) is 8. The molecule has 6 bridgehead atoms. The van der Waals surface area contributed by atoms with Gasteiger partial charge in [0.15, 0.2) is 0 Å². The number of aromatic nitrogens is 2. The highest BCUT2D eigenvalue weighted by molar-refractivity contribution is 5.87. The van der Waals surface area contributed by atoms with Crippen molar-refractivity contribution in [2.75, 3.05) is 69.7 Å². The molecule has 9 nitrogen and oxygen atoms in total. The Kier molecular flexibility index (Phi) is 9.61. The molecule has 1 fully saturated rings. The van der Waals surface area contributed by atoms with Crippen LogP contribution in [0.2, 0.25) is 0 Å². The second-order valence-corrected chi connectivity index (χ2v) is 10.2. The Balaban J connectivity index is 1.33. The highest BCUT2D eigenvalue weighted by atomic mass is 16.5. The molecule has 1 saturated heterocycles. The molecule has 9 heteroatoms. The van der Waals surface area contributed by atoms with Gasteiger partial charge in [-0.3, -0.25) is 9.69 Å². The zero-order chi connectivity index (χ0) is 28.4. The van der Waals surface area contributed by atoms with Crippen molar-refractivity contribution in [1.82, 2.24) is 19.8 Å². The number of piperazine rings is 1. The van der Waals surface area contributed by atoms with Crippen molar-refractivity contribution < 1.29 is 14.3 Å². The van der Waals surface area contributed by atoms with Gasteiger partial charge in [0.1, 0.15) is 5.75 Å². The quantitative estimate of drug-likeness (QED) is 0.365. The molecule has 0 radical (unpaired) electrons. The third kappa shape index (κ3) is 7.93. The molecule has 0 unspecified atom stereocenters. The standard InChI is InChI=1S/C32H38N6O3/c1-3-31(39)38-16-14-37(15-17-38)13-12-36(2)28-21-25-20-27(23-28)34-32-33-11-10-30(35-32)26-8-7-9-29(22-26)41-19-6-4-5-18-40-24-25/h3-5,7-11,20-23H,1,6,12-19,24H2,2H3,(H,33,34,35)/b5-4+. The summed E-state index contributed by atoms with van der Waals surface area (Å²) in [7, 11) is 2.11. The topological polar surface area (TPSA) is 83.1 Å². The first-order valence-electron chi connectivity index (χ1n) is 14.1. The van der Waals surface area contributed by atoms with E-state index < -0.39 is 0 Å². The summed E-state index contributed by atoms with van der Waals surface area (Å²) in [6.07, 6.45) is 8.10. The fourth-order valence-corrected chi connectivity index (χ4v) is 4.92. The van der Waals surface area contributed by atoms with Crippen LogP contribution in [0.3, 0.4) is 0 Å². The second-order valence-electron chi connectivity index (χ2n) is 10.2. The monoisotopic (exact) mass is 554 g/mol. The first kappa shape index (κ1) is 28.3. The van der Waals surface area contributed by atoms with Crippen molar-refractivity contribution >= 4 is 23.2 Å². The minimum Gasteiger partial charge on any atom is -0.493 e. The molecule has 0 saturated carbocycles. The number of nitrogens with one attached hydrogen (secondary N) is 1. The molecular weight excluding hydrogens is 516 g/mol. The molecule has 1 amide bonds. The molecule has 0 aliphatic carbocycles. The maximum Gasteiger partial charge on any atom is 0.246 e. The van der Waals surface area contributed by atoms with Gasteiger partial charge in [0.25, 0.3) is 0 Å². The Hall–Kier alpha value is -4.21. The van der Waals surface area contributed by atoms with Gasteiger partial charge in [-0.15, -0.1) is 0 Å². The van der Waals surface area contributed by atoms with Crippen molar-refractivity contribution in [3.8, 4) is 17.0 Å². The predicted molar refractivity (Wildman–Crippen MR) is 163 cm³/mol. The van der Waals surface area contributed by atoms with Crippen molar-refractivity contribution in [3.05, 3.63) is 85.1 Å². The average molecular weight is 555 g/mol. The van der Waals surface area contributed by atoms with Gasteiger partial charge in [0.2, 0.25) is 11.9 Å². The number of fused-ring (bicyclic) bond motifs is 7. The van der Waals surface area contributed by atoms with E-state index in [9.17, 15) is 4.79 Å².